The molecule has 0 saturated carbocycles. The fourth-order valence-corrected chi connectivity index (χ4v) is 5.36. The molecule has 1 aliphatic heterocycles. The van der Waals surface area contributed by atoms with Crippen molar-refractivity contribution in [3.63, 3.8) is 0 Å². The lowest BCUT2D eigenvalue weighted by Gasteiger charge is -2.20. The van der Waals surface area contributed by atoms with Gasteiger partial charge in [-0.25, -0.2) is 23.1 Å². The molecule has 0 unspecified atom stereocenters. The second kappa shape index (κ2) is 10.1. The molecular weight excluding hydrogens is 444 g/mol. The van der Waals surface area contributed by atoms with E-state index < -0.39 is 15.9 Å². The predicted molar refractivity (Wildman–Crippen MR) is 121 cm³/mol. The first-order valence-corrected chi connectivity index (χ1v) is 12.2. The summed E-state index contributed by atoms with van der Waals surface area (Å²) in [5, 5.41) is 6.92. The van der Waals surface area contributed by atoms with Gasteiger partial charge in [0.15, 0.2) is 5.82 Å². The highest BCUT2D eigenvalue weighted by atomic mass is 32.2. The first-order chi connectivity index (χ1) is 16.0. The zero-order chi connectivity index (χ0) is 23.3. The highest BCUT2D eigenvalue weighted by Gasteiger charge is 2.27. The monoisotopic (exact) mass is 470 g/mol. The summed E-state index contributed by atoms with van der Waals surface area (Å²) in [6, 6.07) is 7.97. The third-order valence-corrected chi connectivity index (χ3v) is 7.46. The minimum absolute atomic E-state index is 0.0834. The Morgan fingerprint density at radius 2 is 1.94 bits per heavy atom. The zero-order valence-electron chi connectivity index (χ0n) is 18.3. The molecule has 4 rings (SSSR count). The lowest BCUT2D eigenvalue weighted by Crippen LogP contribution is -2.32. The summed E-state index contributed by atoms with van der Waals surface area (Å²) in [6.07, 6.45) is 8.26. The van der Waals surface area contributed by atoms with Crippen LogP contribution in [-0.4, -0.2) is 58.6 Å². The summed E-state index contributed by atoms with van der Waals surface area (Å²) < 4.78 is 34.7. The van der Waals surface area contributed by atoms with E-state index >= 15 is 0 Å². The van der Waals surface area contributed by atoms with Crippen LogP contribution in [-0.2, 0) is 16.6 Å². The topological polar surface area (TPSA) is 119 Å². The third kappa shape index (κ3) is 5.04. The van der Waals surface area contributed by atoms with Crippen LogP contribution in [0.1, 0.15) is 41.6 Å². The average Bonchev–Trinajstić information content (AvgIpc) is 3.23. The summed E-state index contributed by atoms with van der Waals surface area (Å²) >= 11 is 0. The Morgan fingerprint density at radius 3 is 2.64 bits per heavy atom. The number of hydrogen-bond donors (Lipinski definition) is 1. The van der Waals surface area contributed by atoms with Crippen LogP contribution >= 0.6 is 0 Å². The lowest BCUT2D eigenvalue weighted by atomic mass is 10.1. The minimum Gasteiger partial charge on any atom is -0.496 e. The molecule has 1 aliphatic rings. The van der Waals surface area contributed by atoms with Crippen molar-refractivity contribution in [3.8, 4) is 11.6 Å². The fourth-order valence-electron chi connectivity index (χ4n) is 3.82. The van der Waals surface area contributed by atoms with Crippen molar-refractivity contribution < 1.29 is 17.9 Å². The summed E-state index contributed by atoms with van der Waals surface area (Å²) in [6.45, 7) is 1.14. The SMILES string of the molecule is COc1ccc(S(=O)(=O)N2CCCCCC2)cc1C(=O)NCc1cccnc1-n1cncn1. The Balaban J connectivity index is 1.57. The standard InChI is InChI=1S/C22H26N6O4S/c1-32-20-9-8-18(33(30,31)27-11-4-2-3-5-12-27)13-19(20)22(29)25-14-17-7-6-10-24-21(17)28-16-23-15-26-28/h6-10,13,15-16H,2-5,11-12,14H2,1H3,(H,25,29). The van der Waals surface area contributed by atoms with E-state index in [0.29, 0.717) is 24.7 Å². The van der Waals surface area contributed by atoms with Gasteiger partial charge in [-0.1, -0.05) is 18.9 Å². The van der Waals surface area contributed by atoms with E-state index in [9.17, 15) is 13.2 Å². The molecule has 3 aromatic rings. The van der Waals surface area contributed by atoms with Crippen LogP contribution in [0.5, 0.6) is 5.75 Å². The van der Waals surface area contributed by atoms with E-state index in [4.69, 9.17) is 4.74 Å². The van der Waals surface area contributed by atoms with Crippen LogP contribution in [0.3, 0.4) is 0 Å². The number of nitrogens with one attached hydrogen (secondary N) is 1. The Morgan fingerprint density at radius 1 is 1.15 bits per heavy atom. The smallest absolute Gasteiger partial charge is 0.255 e. The molecule has 174 valence electrons. The summed E-state index contributed by atoms with van der Waals surface area (Å²) in [4.78, 5) is 21.4. The number of ether oxygens (including phenoxy) is 1. The van der Waals surface area contributed by atoms with E-state index in [-0.39, 0.29) is 17.0 Å². The number of hydrogen-bond acceptors (Lipinski definition) is 7. The van der Waals surface area contributed by atoms with Gasteiger partial charge in [0.05, 0.1) is 17.6 Å². The van der Waals surface area contributed by atoms with Crippen molar-refractivity contribution in [3.05, 3.63) is 60.3 Å². The maximum absolute atomic E-state index is 13.2. The van der Waals surface area contributed by atoms with E-state index in [2.05, 4.69) is 20.4 Å². The van der Waals surface area contributed by atoms with Gasteiger partial charge in [-0.2, -0.15) is 9.40 Å². The maximum Gasteiger partial charge on any atom is 0.255 e. The molecule has 3 heterocycles. The van der Waals surface area contributed by atoms with Crippen molar-refractivity contribution in [2.75, 3.05) is 20.2 Å². The van der Waals surface area contributed by atoms with Crippen LogP contribution in [0.25, 0.3) is 5.82 Å². The van der Waals surface area contributed by atoms with Gasteiger partial charge in [-0.05, 0) is 37.1 Å². The molecule has 11 heteroatoms. The molecule has 10 nitrogen and oxygen atoms in total. The number of methoxy groups -OCH3 is 1. The van der Waals surface area contributed by atoms with Gasteiger partial charge in [-0.3, -0.25) is 4.79 Å². The molecule has 1 saturated heterocycles. The van der Waals surface area contributed by atoms with Gasteiger partial charge >= 0.3 is 0 Å². The number of benzene rings is 1. The lowest BCUT2D eigenvalue weighted by molar-refractivity contribution is 0.0947. The zero-order valence-corrected chi connectivity index (χ0v) is 19.2. The predicted octanol–water partition coefficient (Wildman–Crippen LogP) is 2.17. The van der Waals surface area contributed by atoms with Crippen molar-refractivity contribution in [2.24, 2.45) is 0 Å². The molecular formula is C22H26N6O4S. The van der Waals surface area contributed by atoms with Gasteiger partial charge in [0.1, 0.15) is 18.4 Å². The van der Waals surface area contributed by atoms with Gasteiger partial charge in [0.2, 0.25) is 10.0 Å². The molecule has 0 bridgehead atoms. The normalized spacial score (nSPS) is 15.1. The highest BCUT2D eigenvalue weighted by molar-refractivity contribution is 7.89. The van der Waals surface area contributed by atoms with Gasteiger partial charge in [0.25, 0.3) is 5.91 Å². The molecule has 0 spiro atoms. The Bertz CT molecular complexity index is 1210. The van der Waals surface area contributed by atoms with Crippen molar-refractivity contribution >= 4 is 15.9 Å². The maximum atomic E-state index is 13.2. The molecule has 1 amide bonds. The number of carbonyl (C=O) groups is 1. The van der Waals surface area contributed by atoms with Crippen molar-refractivity contribution in [2.45, 2.75) is 37.1 Å². The quantitative estimate of drug-likeness (QED) is 0.562. The minimum atomic E-state index is -3.70. The van der Waals surface area contributed by atoms with E-state index in [1.165, 1.54) is 47.0 Å². The summed E-state index contributed by atoms with van der Waals surface area (Å²) in [7, 11) is -2.26. The average molecular weight is 471 g/mol. The molecule has 0 radical (unpaired) electrons. The number of sulfonamides is 1. The number of nitrogens with zero attached hydrogens (tertiary/aromatic N) is 5. The molecule has 33 heavy (non-hydrogen) atoms. The van der Waals surface area contributed by atoms with E-state index in [1.807, 2.05) is 6.07 Å². The van der Waals surface area contributed by atoms with Crippen molar-refractivity contribution in [1.82, 2.24) is 29.4 Å². The van der Waals surface area contributed by atoms with Crippen LogP contribution < -0.4 is 10.1 Å². The Labute approximate surface area is 192 Å². The van der Waals surface area contributed by atoms with E-state index in [1.54, 1.807) is 12.3 Å². The second-order valence-corrected chi connectivity index (χ2v) is 9.63. The number of carbonyl (C=O) groups excluding carboxylic acids is 1. The molecule has 1 fully saturated rings. The van der Waals surface area contributed by atoms with Gasteiger partial charge in [0, 0.05) is 31.4 Å². The largest absolute Gasteiger partial charge is 0.496 e. The number of rotatable bonds is 7. The third-order valence-electron chi connectivity index (χ3n) is 5.56. The van der Waals surface area contributed by atoms with E-state index in [0.717, 1.165) is 31.2 Å². The van der Waals surface area contributed by atoms with Crippen LogP contribution in [0.4, 0.5) is 0 Å². The molecule has 2 aromatic heterocycles. The first kappa shape index (κ1) is 22.9. The molecule has 0 atom stereocenters. The van der Waals surface area contributed by atoms with Crippen LogP contribution in [0.2, 0.25) is 0 Å². The summed E-state index contributed by atoms with van der Waals surface area (Å²) in [5.74, 6) is 0.387. The number of aromatic nitrogens is 4. The van der Waals surface area contributed by atoms with Gasteiger partial charge in [-0.15, -0.1) is 0 Å². The van der Waals surface area contributed by atoms with Crippen LogP contribution in [0.15, 0.2) is 54.1 Å². The fraction of sp³-hybridized carbons (Fsp3) is 0.364. The number of pyridine rings is 1. The molecule has 0 aliphatic carbocycles. The second-order valence-electron chi connectivity index (χ2n) is 7.69. The number of amides is 1. The van der Waals surface area contributed by atoms with Crippen molar-refractivity contribution in [1.29, 1.82) is 0 Å². The Hall–Kier alpha value is -3.31. The summed E-state index contributed by atoms with van der Waals surface area (Å²) in [5.41, 5.74) is 0.878. The van der Waals surface area contributed by atoms with Gasteiger partial charge < -0.3 is 10.1 Å². The molecule has 1 N–H and O–H groups in total. The molecule has 1 aromatic carbocycles. The Kier molecular flexibility index (Phi) is 6.99. The highest BCUT2D eigenvalue weighted by Crippen LogP contribution is 2.26. The van der Waals surface area contributed by atoms with Crippen LogP contribution in [0, 0.1) is 0 Å². The first-order valence-electron chi connectivity index (χ1n) is 10.8.